The number of nitrogens with zero attached hydrogens (tertiary/aromatic N) is 4. The van der Waals surface area contributed by atoms with Gasteiger partial charge >= 0.3 is 11.9 Å². The SMILES string of the molecule is CCOC(=O)[C@@H](OC(C)(C)C)c1c(C)nc2cc3nn2c1N1CCC(C)(CC1)OCCCC[C@H](C)Oc1ccc(C(=O)O)cc1-c1cccc-3c1. The Morgan fingerprint density at radius 3 is 2.53 bits per heavy atom. The zero-order valence-electron chi connectivity index (χ0n) is 30.8. The number of aromatic carboxylic acids is 1. The van der Waals surface area contributed by atoms with Crippen molar-refractivity contribution >= 4 is 23.4 Å². The first-order valence-electron chi connectivity index (χ1n) is 18.0. The lowest BCUT2D eigenvalue weighted by Gasteiger charge is -2.41. The standard InChI is InChI=1S/C40H50N4O7/c1-8-48-38(47)35(51-39(4,5)6)34-26(3)41-33-24-31-28-14-11-13-27(22-28)30-23-29(37(45)46)15-16-32(30)50-25(2)12-9-10-21-49-40(7)17-19-43(20-18-40)36(34)44(33)42-31/h11,13-16,22-25,35H,8-10,12,17-21H2,1-7H3,(H,45,46)/t25-,35-/m0/s1. The van der Waals surface area contributed by atoms with Crippen molar-refractivity contribution in [3.63, 3.8) is 0 Å². The van der Waals surface area contributed by atoms with E-state index in [2.05, 4.69) is 11.8 Å². The highest BCUT2D eigenvalue weighted by Gasteiger charge is 2.38. The van der Waals surface area contributed by atoms with Crippen LogP contribution in [0.3, 0.4) is 0 Å². The van der Waals surface area contributed by atoms with Gasteiger partial charge in [-0.3, -0.25) is 0 Å². The first-order chi connectivity index (χ1) is 24.2. The molecule has 1 N–H and O–H groups in total. The second-order valence-electron chi connectivity index (χ2n) is 14.9. The number of carboxylic acids is 1. The molecule has 0 amide bonds. The number of rotatable bonds is 5. The summed E-state index contributed by atoms with van der Waals surface area (Å²) in [5, 5.41) is 15.0. The van der Waals surface area contributed by atoms with Crippen LogP contribution in [0.4, 0.5) is 5.82 Å². The molecule has 0 unspecified atom stereocenters. The third-order valence-corrected chi connectivity index (χ3v) is 9.64. The van der Waals surface area contributed by atoms with Crippen LogP contribution in [0.2, 0.25) is 0 Å². The maximum absolute atomic E-state index is 13.6. The lowest BCUT2D eigenvalue weighted by Crippen LogP contribution is -2.46. The Balaban J connectivity index is 1.55. The Bertz CT molecular complexity index is 1900. The van der Waals surface area contributed by atoms with Crippen LogP contribution in [0.25, 0.3) is 28.0 Å². The fourth-order valence-electron chi connectivity index (χ4n) is 6.96. The summed E-state index contributed by atoms with van der Waals surface area (Å²) in [7, 11) is 0. The van der Waals surface area contributed by atoms with Gasteiger partial charge in [-0.1, -0.05) is 18.2 Å². The fraction of sp³-hybridized carbons (Fsp3) is 0.500. The van der Waals surface area contributed by atoms with Crippen LogP contribution in [0, 0.1) is 6.92 Å². The molecule has 0 aliphatic carbocycles. The lowest BCUT2D eigenvalue weighted by molar-refractivity contribution is -0.166. The summed E-state index contributed by atoms with van der Waals surface area (Å²) in [6, 6.07) is 14.8. The first-order valence-corrected chi connectivity index (χ1v) is 18.0. The summed E-state index contributed by atoms with van der Waals surface area (Å²) in [6.45, 7) is 15.9. The highest BCUT2D eigenvalue weighted by molar-refractivity contribution is 5.91. The van der Waals surface area contributed by atoms with Gasteiger partial charge in [0.25, 0.3) is 0 Å². The van der Waals surface area contributed by atoms with E-state index in [1.165, 1.54) is 0 Å². The van der Waals surface area contributed by atoms with Gasteiger partial charge in [0.2, 0.25) is 0 Å². The van der Waals surface area contributed by atoms with Gasteiger partial charge in [-0.25, -0.2) is 14.6 Å². The lowest BCUT2D eigenvalue weighted by atomic mass is 9.92. The molecule has 3 aliphatic rings. The number of hydrogen-bond acceptors (Lipinski definition) is 9. The first kappa shape index (κ1) is 36.3. The molecule has 11 heteroatoms. The number of aryl methyl sites for hydroxylation is 1. The number of carbonyl (C=O) groups excluding carboxylic acids is 1. The largest absolute Gasteiger partial charge is 0.490 e. The van der Waals surface area contributed by atoms with Crippen molar-refractivity contribution in [1.29, 1.82) is 0 Å². The summed E-state index contributed by atoms with van der Waals surface area (Å²) in [4.78, 5) is 32.9. The second kappa shape index (κ2) is 14.6. The van der Waals surface area contributed by atoms with Crippen molar-refractivity contribution in [2.45, 2.75) is 104 Å². The third kappa shape index (κ3) is 8.05. The molecule has 0 saturated carbocycles. The number of carboxylic acid groups (broad SMARTS) is 1. The minimum Gasteiger partial charge on any atom is -0.490 e. The van der Waals surface area contributed by atoms with Gasteiger partial charge in [-0.2, -0.15) is 9.61 Å². The molecular formula is C40H50N4O7. The molecule has 7 rings (SSSR count). The maximum atomic E-state index is 13.6. The molecular weight excluding hydrogens is 648 g/mol. The molecule has 2 aromatic carbocycles. The number of anilines is 1. The molecule has 2 atom stereocenters. The van der Waals surface area contributed by atoms with Crippen molar-refractivity contribution in [2.75, 3.05) is 31.2 Å². The van der Waals surface area contributed by atoms with E-state index in [0.717, 1.165) is 49.0 Å². The predicted octanol–water partition coefficient (Wildman–Crippen LogP) is 7.82. The van der Waals surface area contributed by atoms with Gasteiger partial charge in [0.15, 0.2) is 11.8 Å². The fourth-order valence-corrected chi connectivity index (χ4v) is 6.96. The molecule has 4 aromatic rings. The van der Waals surface area contributed by atoms with Gasteiger partial charge in [0, 0.05) is 42.6 Å². The summed E-state index contributed by atoms with van der Waals surface area (Å²) >= 11 is 0. The molecule has 51 heavy (non-hydrogen) atoms. The summed E-state index contributed by atoms with van der Waals surface area (Å²) in [5.74, 6) is -0.109. The number of esters is 1. The number of ether oxygens (including phenoxy) is 4. The summed E-state index contributed by atoms with van der Waals surface area (Å²) in [6.07, 6.45) is 3.16. The number of carbonyl (C=O) groups is 2. The van der Waals surface area contributed by atoms with E-state index in [9.17, 15) is 14.7 Å². The van der Waals surface area contributed by atoms with Crippen LogP contribution < -0.4 is 9.64 Å². The van der Waals surface area contributed by atoms with Crippen LogP contribution in [0.1, 0.15) is 101 Å². The van der Waals surface area contributed by atoms with Crippen molar-refractivity contribution in [3.8, 4) is 28.1 Å². The van der Waals surface area contributed by atoms with E-state index in [-0.39, 0.29) is 23.9 Å². The topological polar surface area (TPSA) is 125 Å². The van der Waals surface area contributed by atoms with E-state index in [1.807, 2.05) is 69.5 Å². The van der Waals surface area contributed by atoms with Crippen LogP contribution in [0.5, 0.6) is 5.75 Å². The quantitative estimate of drug-likeness (QED) is 0.206. The highest BCUT2D eigenvalue weighted by atomic mass is 16.6. The Morgan fingerprint density at radius 2 is 1.82 bits per heavy atom. The Kier molecular flexibility index (Phi) is 10.4. The zero-order chi connectivity index (χ0) is 36.5. The summed E-state index contributed by atoms with van der Waals surface area (Å²) < 4.78 is 26.9. The van der Waals surface area contributed by atoms with Crippen LogP contribution in [-0.4, -0.2) is 75.3 Å². The molecule has 3 aliphatic heterocycles. The molecule has 6 bridgehead atoms. The molecule has 5 heterocycles. The highest BCUT2D eigenvalue weighted by Crippen LogP contribution is 2.40. The van der Waals surface area contributed by atoms with Gasteiger partial charge in [0.05, 0.1) is 40.7 Å². The summed E-state index contributed by atoms with van der Waals surface area (Å²) in [5.41, 5.74) is 4.15. The minimum atomic E-state index is -1.02. The second-order valence-corrected chi connectivity index (χ2v) is 14.9. The number of aromatic nitrogens is 3. The average molecular weight is 699 g/mol. The van der Waals surface area contributed by atoms with E-state index < -0.39 is 23.6 Å². The molecule has 2 aromatic heterocycles. The van der Waals surface area contributed by atoms with Crippen molar-refractivity contribution < 1.29 is 33.6 Å². The van der Waals surface area contributed by atoms with Crippen molar-refractivity contribution in [1.82, 2.24) is 14.6 Å². The van der Waals surface area contributed by atoms with E-state index in [4.69, 9.17) is 29.0 Å². The van der Waals surface area contributed by atoms with Gasteiger partial charge in [0.1, 0.15) is 11.6 Å². The molecule has 0 radical (unpaired) electrons. The Hall–Kier alpha value is -4.48. The smallest absolute Gasteiger partial charge is 0.340 e. The Morgan fingerprint density at radius 1 is 1.08 bits per heavy atom. The molecule has 1 saturated heterocycles. The molecule has 272 valence electrons. The third-order valence-electron chi connectivity index (χ3n) is 9.64. The zero-order valence-corrected chi connectivity index (χ0v) is 30.8. The predicted molar refractivity (Wildman–Crippen MR) is 196 cm³/mol. The number of hydrogen-bond donors (Lipinski definition) is 1. The van der Waals surface area contributed by atoms with Gasteiger partial charge < -0.3 is 29.0 Å². The molecule has 0 spiro atoms. The minimum absolute atomic E-state index is 0.0758. The van der Waals surface area contributed by atoms with Crippen LogP contribution >= 0.6 is 0 Å². The van der Waals surface area contributed by atoms with E-state index >= 15 is 0 Å². The van der Waals surface area contributed by atoms with Crippen LogP contribution in [0.15, 0.2) is 48.5 Å². The number of fused-ring (bicyclic) bond motifs is 8. The van der Waals surface area contributed by atoms with Gasteiger partial charge in [-0.05, 0) is 110 Å². The van der Waals surface area contributed by atoms with Crippen molar-refractivity contribution in [2.24, 2.45) is 0 Å². The monoisotopic (exact) mass is 698 g/mol. The number of piperidine rings is 1. The molecule has 1 fully saturated rings. The van der Waals surface area contributed by atoms with Crippen LogP contribution in [-0.2, 0) is 19.0 Å². The number of benzene rings is 2. The maximum Gasteiger partial charge on any atom is 0.340 e. The van der Waals surface area contributed by atoms with E-state index in [1.54, 1.807) is 25.1 Å². The van der Waals surface area contributed by atoms with Crippen molar-refractivity contribution in [3.05, 3.63) is 65.4 Å². The normalized spacial score (nSPS) is 20.5. The van der Waals surface area contributed by atoms with E-state index in [0.29, 0.717) is 53.6 Å². The average Bonchev–Trinajstić information content (AvgIpc) is 3.50. The van der Waals surface area contributed by atoms with Gasteiger partial charge in [-0.15, -0.1) is 0 Å². The molecule has 11 nitrogen and oxygen atoms in total. The Labute approximate surface area is 299 Å².